The first-order chi connectivity index (χ1) is 16.0. The molecular formula is C25H26N6O2. The normalized spacial score (nSPS) is 18.1. The number of carbonyl (C=O) groups is 1. The van der Waals surface area contributed by atoms with Gasteiger partial charge in [0.25, 0.3) is 0 Å². The van der Waals surface area contributed by atoms with E-state index in [4.69, 9.17) is 10.00 Å². The van der Waals surface area contributed by atoms with E-state index in [1.807, 2.05) is 29.9 Å². The lowest BCUT2D eigenvalue weighted by atomic mass is 9.93. The summed E-state index contributed by atoms with van der Waals surface area (Å²) >= 11 is 0. The monoisotopic (exact) mass is 442 g/mol. The molecule has 5 rings (SSSR count). The van der Waals surface area contributed by atoms with Crippen LogP contribution in [0.15, 0.2) is 30.6 Å². The lowest BCUT2D eigenvalue weighted by Gasteiger charge is -2.34. The molecule has 168 valence electrons. The molecule has 2 aromatic heterocycles. The van der Waals surface area contributed by atoms with Crippen molar-refractivity contribution in [1.82, 2.24) is 25.0 Å². The Hall–Kier alpha value is -3.54. The number of esters is 1. The molecule has 0 bridgehead atoms. The van der Waals surface area contributed by atoms with E-state index in [0.717, 1.165) is 59.9 Å². The quantitative estimate of drug-likeness (QED) is 0.621. The molecule has 8 nitrogen and oxygen atoms in total. The molecule has 2 aliphatic rings. The van der Waals surface area contributed by atoms with Crippen LogP contribution in [0.25, 0.3) is 5.82 Å². The van der Waals surface area contributed by atoms with E-state index >= 15 is 0 Å². The number of cyclic esters (lactones) is 1. The van der Waals surface area contributed by atoms with Gasteiger partial charge in [-0.05, 0) is 49.6 Å². The number of ether oxygens (including phenoxy) is 1. The standard InChI is InChI=1S/C25H26N6O2/c1-15-8-24(28-10-18(15)9-26)31-17(3)19(11-29-31)12-30-7-6-27-23(13-30)20-4-5-21-22(16(20)2)14-33-25(21)32/h4-5,8,10-11,23,27H,6-7,12-14H2,1-3H3. The van der Waals surface area contributed by atoms with E-state index in [2.05, 4.69) is 46.3 Å². The predicted octanol–water partition coefficient (Wildman–Crippen LogP) is 2.88. The number of piperazine rings is 1. The highest BCUT2D eigenvalue weighted by Gasteiger charge is 2.28. The van der Waals surface area contributed by atoms with Gasteiger partial charge in [-0.1, -0.05) is 6.07 Å². The van der Waals surface area contributed by atoms with Gasteiger partial charge in [-0.15, -0.1) is 0 Å². The van der Waals surface area contributed by atoms with Crippen molar-refractivity contribution in [3.8, 4) is 11.9 Å². The second kappa shape index (κ2) is 8.43. The Balaban J connectivity index is 1.34. The molecular weight excluding hydrogens is 416 g/mol. The molecule has 0 amide bonds. The molecule has 0 radical (unpaired) electrons. The van der Waals surface area contributed by atoms with Gasteiger partial charge in [0.1, 0.15) is 12.7 Å². The van der Waals surface area contributed by atoms with Gasteiger partial charge < -0.3 is 10.1 Å². The summed E-state index contributed by atoms with van der Waals surface area (Å²) in [6.07, 6.45) is 3.51. The van der Waals surface area contributed by atoms with Crippen LogP contribution in [0.3, 0.4) is 0 Å². The fraction of sp³-hybridized carbons (Fsp3) is 0.360. The van der Waals surface area contributed by atoms with Gasteiger partial charge in [-0.2, -0.15) is 10.4 Å². The summed E-state index contributed by atoms with van der Waals surface area (Å²) in [5.41, 5.74) is 7.74. The summed E-state index contributed by atoms with van der Waals surface area (Å²) in [6.45, 7) is 9.91. The second-order valence-electron chi connectivity index (χ2n) is 8.76. The van der Waals surface area contributed by atoms with Gasteiger partial charge in [-0.3, -0.25) is 4.90 Å². The molecule has 1 aromatic carbocycles. The Morgan fingerprint density at radius 3 is 2.91 bits per heavy atom. The lowest BCUT2D eigenvalue weighted by molar-refractivity contribution is 0.0535. The minimum atomic E-state index is -0.225. The van der Waals surface area contributed by atoms with Crippen LogP contribution in [0.5, 0.6) is 0 Å². The number of aryl methyl sites for hydroxylation is 1. The summed E-state index contributed by atoms with van der Waals surface area (Å²) in [5.74, 6) is 0.497. The highest BCUT2D eigenvalue weighted by Crippen LogP contribution is 2.30. The lowest BCUT2D eigenvalue weighted by Crippen LogP contribution is -2.45. The number of hydrogen-bond acceptors (Lipinski definition) is 7. The highest BCUT2D eigenvalue weighted by atomic mass is 16.5. The number of hydrogen-bond donors (Lipinski definition) is 1. The summed E-state index contributed by atoms with van der Waals surface area (Å²) < 4.78 is 7.06. The van der Waals surface area contributed by atoms with Gasteiger partial charge in [0, 0.05) is 55.2 Å². The van der Waals surface area contributed by atoms with Crippen molar-refractivity contribution < 1.29 is 9.53 Å². The van der Waals surface area contributed by atoms with Crippen LogP contribution in [-0.2, 0) is 17.9 Å². The molecule has 2 aliphatic heterocycles. The topological polar surface area (TPSA) is 96.1 Å². The molecule has 33 heavy (non-hydrogen) atoms. The first-order valence-corrected chi connectivity index (χ1v) is 11.1. The molecule has 0 aliphatic carbocycles. The molecule has 3 aromatic rings. The van der Waals surface area contributed by atoms with Gasteiger partial charge in [-0.25, -0.2) is 14.5 Å². The summed E-state index contributed by atoms with van der Waals surface area (Å²) in [6, 6.07) is 8.20. The van der Waals surface area contributed by atoms with E-state index in [1.54, 1.807) is 6.20 Å². The number of benzene rings is 1. The van der Waals surface area contributed by atoms with Crippen LogP contribution >= 0.6 is 0 Å². The Morgan fingerprint density at radius 2 is 2.12 bits per heavy atom. The first-order valence-electron chi connectivity index (χ1n) is 11.1. The maximum atomic E-state index is 11.9. The van der Waals surface area contributed by atoms with Crippen LogP contribution in [0, 0.1) is 32.1 Å². The van der Waals surface area contributed by atoms with E-state index in [-0.39, 0.29) is 12.0 Å². The minimum absolute atomic E-state index is 0.193. The SMILES string of the molecule is Cc1cc(-n2ncc(CN3CCNC(c4ccc5c(c4C)COC5=O)C3)c2C)ncc1C#N. The van der Waals surface area contributed by atoms with E-state index in [1.165, 1.54) is 5.56 Å². The number of carbonyl (C=O) groups excluding carboxylic acids is 1. The zero-order valence-corrected chi connectivity index (χ0v) is 19.1. The fourth-order valence-electron chi connectivity index (χ4n) is 4.75. The number of rotatable bonds is 4. The van der Waals surface area contributed by atoms with Crippen molar-refractivity contribution in [3.05, 3.63) is 75.2 Å². The fourth-order valence-corrected chi connectivity index (χ4v) is 4.75. The van der Waals surface area contributed by atoms with Gasteiger partial charge in [0.05, 0.1) is 17.3 Å². The Labute approximate surface area is 192 Å². The van der Waals surface area contributed by atoms with Crippen LogP contribution in [0.2, 0.25) is 0 Å². The molecule has 1 atom stereocenters. The maximum absolute atomic E-state index is 11.9. The number of nitrogens with zero attached hydrogens (tertiary/aromatic N) is 5. The van der Waals surface area contributed by atoms with Crippen LogP contribution < -0.4 is 5.32 Å². The zero-order chi connectivity index (χ0) is 23.1. The first kappa shape index (κ1) is 21.3. The van der Waals surface area contributed by atoms with E-state index in [0.29, 0.717) is 17.7 Å². The molecule has 1 fully saturated rings. The third-order valence-corrected chi connectivity index (χ3v) is 6.78. The van der Waals surface area contributed by atoms with Gasteiger partial charge in [0.15, 0.2) is 5.82 Å². The zero-order valence-electron chi connectivity index (χ0n) is 19.1. The Morgan fingerprint density at radius 1 is 1.27 bits per heavy atom. The van der Waals surface area contributed by atoms with Crippen molar-refractivity contribution in [2.75, 3.05) is 19.6 Å². The second-order valence-corrected chi connectivity index (χ2v) is 8.76. The van der Waals surface area contributed by atoms with Crippen molar-refractivity contribution in [2.24, 2.45) is 0 Å². The van der Waals surface area contributed by atoms with Crippen molar-refractivity contribution in [1.29, 1.82) is 5.26 Å². The van der Waals surface area contributed by atoms with Crippen molar-refractivity contribution in [2.45, 2.75) is 40.0 Å². The number of pyridine rings is 1. The van der Waals surface area contributed by atoms with Crippen molar-refractivity contribution >= 4 is 5.97 Å². The average molecular weight is 443 g/mol. The van der Waals surface area contributed by atoms with E-state index in [9.17, 15) is 4.79 Å². The number of fused-ring (bicyclic) bond motifs is 1. The number of nitrogens with one attached hydrogen (secondary N) is 1. The molecule has 0 spiro atoms. The van der Waals surface area contributed by atoms with Gasteiger partial charge >= 0.3 is 5.97 Å². The minimum Gasteiger partial charge on any atom is -0.457 e. The third kappa shape index (κ3) is 3.80. The van der Waals surface area contributed by atoms with Crippen LogP contribution in [0.4, 0.5) is 0 Å². The number of aromatic nitrogens is 3. The van der Waals surface area contributed by atoms with E-state index < -0.39 is 0 Å². The predicted molar refractivity (Wildman–Crippen MR) is 122 cm³/mol. The maximum Gasteiger partial charge on any atom is 0.338 e. The van der Waals surface area contributed by atoms with Gasteiger partial charge in [0.2, 0.25) is 0 Å². The molecule has 4 heterocycles. The smallest absolute Gasteiger partial charge is 0.338 e. The van der Waals surface area contributed by atoms with Crippen LogP contribution in [-0.4, -0.2) is 45.3 Å². The van der Waals surface area contributed by atoms with Crippen LogP contribution in [0.1, 0.15) is 55.5 Å². The molecule has 1 saturated heterocycles. The summed E-state index contributed by atoms with van der Waals surface area (Å²) in [7, 11) is 0. The summed E-state index contributed by atoms with van der Waals surface area (Å²) in [5, 5.41) is 17.4. The molecule has 1 N–H and O–H groups in total. The average Bonchev–Trinajstić information content (AvgIpc) is 3.37. The van der Waals surface area contributed by atoms with Crippen molar-refractivity contribution in [3.63, 3.8) is 0 Å². The molecule has 1 unspecified atom stereocenters. The Bertz CT molecular complexity index is 1290. The molecule has 8 heteroatoms. The molecule has 0 saturated carbocycles. The Kier molecular flexibility index (Phi) is 5.44. The highest BCUT2D eigenvalue weighted by molar-refractivity contribution is 5.94. The number of nitriles is 1. The third-order valence-electron chi connectivity index (χ3n) is 6.78. The summed E-state index contributed by atoms with van der Waals surface area (Å²) in [4.78, 5) is 18.7. The largest absolute Gasteiger partial charge is 0.457 e.